The molecule has 0 aliphatic heterocycles. The lowest BCUT2D eigenvalue weighted by atomic mass is 10.1. The molecule has 2 aromatic heterocycles. The van der Waals surface area contributed by atoms with E-state index in [1.165, 1.54) is 35.8 Å². The Kier molecular flexibility index (Phi) is 1.88. The van der Waals surface area contributed by atoms with Gasteiger partial charge in [-0.1, -0.05) is 0 Å². The highest BCUT2D eigenvalue weighted by Gasteiger charge is 2.03. The monoisotopic (exact) mass is 254 g/mol. The van der Waals surface area contributed by atoms with Gasteiger partial charge in [-0.25, -0.2) is 0 Å². The lowest BCUT2D eigenvalue weighted by molar-refractivity contribution is 1.66. The Balaban J connectivity index is 2.21. The summed E-state index contributed by atoms with van der Waals surface area (Å²) in [6.07, 6.45) is 0. The Morgan fingerprint density at radius 2 is 1.53 bits per heavy atom. The first-order valence-corrected chi connectivity index (χ1v) is 7.30. The zero-order valence-electron chi connectivity index (χ0n) is 9.36. The van der Waals surface area contributed by atoms with Crippen molar-refractivity contribution in [1.82, 2.24) is 0 Å². The Bertz CT molecular complexity index is 782. The Morgan fingerprint density at radius 3 is 2.41 bits per heavy atom. The van der Waals surface area contributed by atoms with Crippen molar-refractivity contribution >= 4 is 53.6 Å². The summed E-state index contributed by atoms with van der Waals surface area (Å²) in [5, 5.41) is 7.59. The van der Waals surface area contributed by atoms with Crippen molar-refractivity contribution in [1.29, 1.82) is 0 Å². The maximum atomic E-state index is 2.32. The summed E-state index contributed by atoms with van der Waals surface area (Å²) in [6.45, 7) is 2.17. The highest BCUT2D eigenvalue weighted by Crippen LogP contribution is 2.33. The van der Waals surface area contributed by atoms with Crippen molar-refractivity contribution in [3.8, 4) is 0 Å². The molecule has 2 aromatic carbocycles. The Hall–Kier alpha value is -1.38. The number of fused-ring (bicyclic) bond motifs is 3. The number of aryl methyl sites for hydroxylation is 1. The molecule has 0 amide bonds. The van der Waals surface area contributed by atoms with Crippen LogP contribution < -0.4 is 0 Å². The zero-order valence-corrected chi connectivity index (χ0v) is 11.0. The molecule has 0 saturated heterocycles. The van der Waals surface area contributed by atoms with Crippen LogP contribution in [0.3, 0.4) is 0 Å². The quantitative estimate of drug-likeness (QED) is 0.384. The van der Waals surface area contributed by atoms with Gasteiger partial charge in [-0.2, -0.15) is 0 Å². The van der Waals surface area contributed by atoms with Gasteiger partial charge in [0.25, 0.3) is 0 Å². The molecule has 0 radical (unpaired) electrons. The van der Waals surface area contributed by atoms with E-state index in [1.807, 2.05) is 22.7 Å². The van der Waals surface area contributed by atoms with Crippen LogP contribution in [0.15, 0.2) is 41.8 Å². The van der Waals surface area contributed by atoms with E-state index in [0.717, 1.165) is 0 Å². The molecule has 0 nitrogen and oxygen atoms in total. The molecule has 0 unspecified atom stereocenters. The molecule has 0 N–H and O–H groups in total. The van der Waals surface area contributed by atoms with Crippen LogP contribution in [0.2, 0.25) is 0 Å². The standard InChI is InChI=1S/C15H10S2/c1-9-4-13-6-12-7-14-10(2-3-16-14)5-11(12)8-15(13)17-9/h2-8H,1H3. The average molecular weight is 254 g/mol. The first-order chi connectivity index (χ1) is 8.29. The first kappa shape index (κ1) is 9.63. The van der Waals surface area contributed by atoms with Gasteiger partial charge < -0.3 is 0 Å². The first-order valence-electron chi connectivity index (χ1n) is 5.61. The summed E-state index contributed by atoms with van der Waals surface area (Å²) in [7, 11) is 0. The predicted octanol–water partition coefficient (Wildman–Crippen LogP) is 5.58. The second kappa shape index (κ2) is 3.31. The van der Waals surface area contributed by atoms with Gasteiger partial charge in [0.2, 0.25) is 0 Å². The van der Waals surface area contributed by atoms with Crippen molar-refractivity contribution in [2.45, 2.75) is 6.92 Å². The van der Waals surface area contributed by atoms with Gasteiger partial charge in [0.05, 0.1) is 0 Å². The number of thiophene rings is 2. The minimum atomic E-state index is 1.35. The van der Waals surface area contributed by atoms with E-state index >= 15 is 0 Å². The topological polar surface area (TPSA) is 0 Å². The average Bonchev–Trinajstić information content (AvgIpc) is 2.86. The summed E-state index contributed by atoms with van der Waals surface area (Å²) < 4.78 is 2.77. The summed E-state index contributed by atoms with van der Waals surface area (Å²) in [4.78, 5) is 1.39. The molecule has 0 spiro atoms. The second-order valence-corrected chi connectivity index (χ2v) is 6.64. The maximum Gasteiger partial charge on any atom is 0.0351 e. The molecule has 17 heavy (non-hydrogen) atoms. The fourth-order valence-corrected chi connectivity index (χ4v) is 4.15. The minimum absolute atomic E-state index is 1.35. The van der Waals surface area contributed by atoms with Crippen LogP contribution in [0.25, 0.3) is 30.9 Å². The van der Waals surface area contributed by atoms with Crippen LogP contribution in [0.5, 0.6) is 0 Å². The van der Waals surface area contributed by atoms with Crippen LogP contribution >= 0.6 is 22.7 Å². The van der Waals surface area contributed by atoms with Gasteiger partial charge >= 0.3 is 0 Å². The number of rotatable bonds is 0. The molecule has 4 rings (SSSR count). The van der Waals surface area contributed by atoms with Gasteiger partial charge in [0.1, 0.15) is 0 Å². The van der Waals surface area contributed by atoms with Gasteiger partial charge in [-0.3, -0.25) is 0 Å². The van der Waals surface area contributed by atoms with E-state index < -0.39 is 0 Å². The molecule has 0 aliphatic rings. The molecule has 0 saturated carbocycles. The zero-order chi connectivity index (χ0) is 11.4. The van der Waals surface area contributed by atoms with E-state index in [9.17, 15) is 0 Å². The van der Waals surface area contributed by atoms with Crippen molar-refractivity contribution in [3.63, 3.8) is 0 Å². The molecular formula is C15H10S2. The van der Waals surface area contributed by atoms with E-state index in [-0.39, 0.29) is 0 Å². The fraction of sp³-hybridized carbons (Fsp3) is 0.0667. The van der Waals surface area contributed by atoms with Crippen LogP contribution in [0, 0.1) is 6.92 Å². The predicted molar refractivity (Wildman–Crippen MR) is 79.5 cm³/mol. The molecule has 2 heteroatoms. The normalized spacial score (nSPS) is 11.8. The SMILES string of the molecule is Cc1cc2cc3cc4sccc4cc3cc2s1. The number of hydrogen-bond donors (Lipinski definition) is 0. The van der Waals surface area contributed by atoms with Gasteiger partial charge in [0.15, 0.2) is 0 Å². The fourth-order valence-electron chi connectivity index (χ4n) is 2.38. The summed E-state index contributed by atoms with van der Waals surface area (Å²) >= 11 is 3.69. The van der Waals surface area contributed by atoms with Crippen molar-refractivity contribution in [3.05, 3.63) is 46.7 Å². The van der Waals surface area contributed by atoms with Gasteiger partial charge in [-0.15, -0.1) is 22.7 Å². The van der Waals surface area contributed by atoms with Crippen molar-refractivity contribution in [2.75, 3.05) is 0 Å². The van der Waals surface area contributed by atoms with Crippen LogP contribution in [0.1, 0.15) is 4.88 Å². The lowest BCUT2D eigenvalue weighted by Crippen LogP contribution is -1.72. The van der Waals surface area contributed by atoms with E-state index in [4.69, 9.17) is 0 Å². The minimum Gasteiger partial charge on any atom is -0.144 e. The summed E-state index contributed by atoms with van der Waals surface area (Å²) in [6, 6.07) is 13.7. The second-order valence-electron chi connectivity index (χ2n) is 4.40. The van der Waals surface area contributed by atoms with Gasteiger partial charge in [0, 0.05) is 14.3 Å². The molecule has 0 aliphatic carbocycles. The van der Waals surface area contributed by atoms with Crippen LogP contribution in [0.4, 0.5) is 0 Å². The number of benzene rings is 2. The molecular weight excluding hydrogens is 244 g/mol. The third-order valence-corrected chi connectivity index (χ3v) is 5.06. The highest BCUT2D eigenvalue weighted by molar-refractivity contribution is 7.19. The van der Waals surface area contributed by atoms with E-state index in [0.29, 0.717) is 0 Å². The van der Waals surface area contributed by atoms with Crippen molar-refractivity contribution < 1.29 is 0 Å². The van der Waals surface area contributed by atoms with Gasteiger partial charge in [-0.05, 0) is 70.2 Å². The smallest absolute Gasteiger partial charge is 0.0351 e. The highest BCUT2D eigenvalue weighted by atomic mass is 32.1. The summed E-state index contributed by atoms with van der Waals surface area (Å²) in [5.41, 5.74) is 0. The van der Waals surface area contributed by atoms with E-state index in [2.05, 4.69) is 48.7 Å². The largest absolute Gasteiger partial charge is 0.144 e. The van der Waals surface area contributed by atoms with Crippen LogP contribution in [-0.2, 0) is 0 Å². The third-order valence-electron chi connectivity index (χ3n) is 3.17. The Labute approximate surface area is 107 Å². The van der Waals surface area contributed by atoms with Crippen LogP contribution in [-0.4, -0.2) is 0 Å². The summed E-state index contributed by atoms with van der Waals surface area (Å²) in [5.74, 6) is 0. The molecule has 0 bridgehead atoms. The molecule has 82 valence electrons. The third kappa shape index (κ3) is 1.41. The molecule has 0 fully saturated rings. The van der Waals surface area contributed by atoms with E-state index in [1.54, 1.807) is 0 Å². The number of hydrogen-bond acceptors (Lipinski definition) is 2. The maximum absolute atomic E-state index is 2.32. The van der Waals surface area contributed by atoms with Crippen molar-refractivity contribution in [2.24, 2.45) is 0 Å². The molecule has 0 atom stereocenters. The molecule has 2 heterocycles. The Morgan fingerprint density at radius 1 is 0.765 bits per heavy atom. The molecule has 4 aromatic rings. The lowest BCUT2D eigenvalue weighted by Gasteiger charge is -1.99.